The van der Waals surface area contributed by atoms with E-state index in [4.69, 9.17) is 5.73 Å². The van der Waals surface area contributed by atoms with Gasteiger partial charge in [-0.2, -0.15) is 0 Å². The fourth-order valence-electron chi connectivity index (χ4n) is 6.21. The van der Waals surface area contributed by atoms with E-state index in [-0.39, 0.29) is 29.7 Å². The van der Waals surface area contributed by atoms with E-state index in [0.29, 0.717) is 18.8 Å². The number of benzene rings is 1. The first-order valence-corrected chi connectivity index (χ1v) is 11.2. The minimum atomic E-state index is -0.467. The predicted octanol–water partition coefficient (Wildman–Crippen LogP) is 1.50. The lowest BCUT2D eigenvalue weighted by Gasteiger charge is -2.55. The molecule has 4 aliphatic rings. The maximum Gasteiger partial charge on any atom is 0.240 e. The molecule has 3 amide bonds. The molecule has 2 N–H and O–H groups in total. The second-order valence-corrected chi connectivity index (χ2v) is 9.37. The molecule has 1 aromatic carbocycles. The molecule has 4 saturated heterocycles. The summed E-state index contributed by atoms with van der Waals surface area (Å²) in [4.78, 5) is 43.0. The maximum absolute atomic E-state index is 12.6. The van der Waals surface area contributed by atoms with Gasteiger partial charge in [0.25, 0.3) is 0 Å². The summed E-state index contributed by atoms with van der Waals surface area (Å²) in [6, 6.07) is 7.96. The van der Waals surface area contributed by atoms with E-state index in [1.165, 1.54) is 5.56 Å². The van der Waals surface area contributed by atoms with Crippen molar-refractivity contribution in [2.75, 3.05) is 24.5 Å². The zero-order valence-corrected chi connectivity index (χ0v) is 17.3. The molecular formula is C23H30N4O3. The van der Waals surface area contributed by atoms with Crippen LogP contribution >= 0.6 is 0 Å². The van der Waals surface area contributed by atoms with Crippen molar-refractivity contribution in [3.8, 4) is 0 Å². The Morgan fingerprint density at radius 2 is 1.73 bits per heavy atom. The number of carbonyl (C=O) groups excluding carboxylic acids is 3. The molecule has 4 fully saturated rings. The third kappa shape index (κ3) is 3.39. The fraction of sp³-hybridized carbons (Fsp3) is 0.609. The van der Waals surface area contributed by atoms with Gasteiger partial charge in [0.2, 0.25) is 17.7 Å². The molecule has 0 unspecified atom stereocenters. The molecule has 2 bridgehead atoms. The monoisotopic (exact) mass is 410 g/mol. The van der Waals surface area contributed by atoms with Crippen molar-refractivity contribution in [1.29, 1.82) is 0 Å². The number of primary amides is 1. The van der Waals surface area contributed by atoms with Crippen molar-refractivity contribution in [2.24, 2.45) is 17.6 Å². The zero-order valence-electron chi connectivity index (χ0n) is 17.3. The molecule has 0 aliphatic carbocycles. The molecule has 7 nitrogen and oxygen atoms in total. The molecule has 4 aliphatic heterocycles. The highest BCUT2D eigenvalue weighted by Gasteiger charge is 2.51. The lowest BCUT2D eigenvalue weighted by atomic mass is 9.72. The molecule has 160 valence electrons. The molecule has 0 aromatic heterocycles. The van der Waals surface area contributed by atoms with Gasteiger partial charge in [-0.15, -0.1) is 0 Å². The van der Waals surface area contributed by atoms with Gasteiger partial charge in [0.05, 0.1) is 0 Å². The number of carbonyl (C=O) groups is 3. The first kappa shape index (κ1) is 19.5. The predicted molar refractivity (Wildman–Crippen MR) is 112 cm³/mol. The lowest BCUT2D eigenvalue weighted by Crippen LogP contribution is -2.67. The zero-order chi connectivity index (χ0) is 20.8. The Balaban J connectivity index is 1.31. The van der Waals surface area contributed by atoms with Crippen LogP contribution < -0.4 is 10.6 Å². The van der Waals surface area contributed by atoms with Gasteiger partial charge in [0.15, 0.2) is 0 Å². The lowest BCUT2D eigenvalue weighted by molar-refractivity contribution is -0.159. The third-order valence-electron chi connectivity index (χ3n) is 7.44. The highest BCUT2D eigenvalue weighted by Crippen LogP contribution is 2.41. The van der Waals surface area contributed by atoms with Crippen LogP contribution in [0.1, 0.15) is 44.1 Å². The normalized spacial score (nSPS) is 31.7. The summed E-state index contributed by atoms with van der Waals surface area (Å²) in [5.74, 6) is 0.465. The Morgan fingerprint density at radius 3 is 2.43 bits per heavy atom. The SMILES string of the molecule is NC(=O)[C@H]1[C@H]2C[C@H](CN(Cc3ccc(N4CCCC4=O)cc3)C2)[C@@H]2CCCC(=O)N21. The van der Waals surface area contributed by atoms with Gasteiger partial charge in [-0.05, 0) is 49.3 Å². The second-order valence-electron chi connectivity index (χ2n) is 9.37. The molecule has 5 rings (SSSR count). The molecule has 4 heterocycles. The first-order chi connectivity index (χ1) is 14.5. The minimum absolute atomic E-state index is 0.102. The van der Waals surface area contributed by atoms with Crippen LogP contribution in [0.2, 0.25) is 0 Å². The van der Waals surface area contributed by atoms with Gasteiger partial charge in [-0.3, -0.25) is 19.3 Å². The number of anilines is 1. The van der Waals surface area contributed by atoms with Crippen molar-refractivity contribution in [3.05, 3.63) is 29.8 Å². The average molecular weight is 411 g/mol. The van der Waals surface area contributed by atoms with E-state index in [9.17, 15) is 14.4 Å². The Labute approximate surface area is 177 Å². The summed E-state index contributed by atoms with van der Waals surface area (Å²) >= 11 is 0. The van der Waals surface area contributed by atoms with Crippen molar-refractivity contribution in [3.63, 3.8) is 0 Å². The Kier molecular flexibility index (Phi) is 5.01. The topological polar surface area (TPSA) is 87.0 Å². The second kappa shape index (κ2) is 7.69. The van der Waals surface area contributed by atoms with Gasteiger partial charge in [0, 0.05) is 56.7 Å². The van der Waals surface area contributed by atoms with Crippen molar-refractivity contribution < 1.29 is 14.4 Å². The largest absolute Gasteiger partial charge is 0.368 e. The molecule has 1 aromatic rings. The van der Waals surface area contributed by atoms with Gasteiger partial charge in [-0.1, -0.05) is 12.1 Å². The number of likely N-dealkylation sites (tertiary alicyclic amines) is 1. The first-order valence-electron chi connectivity index (χ1n) is 11.2. The number of piperidine rings is 3. The quantitative estimate of drug-likeness (QED) is 0.815. The summed E-state index contributed by atoms with van der Waals surface area (Å²) < 4.78 is 0. The molecule has 4 atom stereocenters. The summed E-state index contributed by atoms with van der Waals surface area (Å²) in [7, 11) is 0. The minimum Gasteiger partial charge on any atom is -0.368 e. The van der Waals surface area contributed by atoms with Crippen LogP contribution in [0.3, 0.4) is 0 Å². The summed E-state index contributed by atoms with van der Waals surface area (Å²) in [6.07, 6.45) is 4.96. The number of fused-ring (bicyclic) bond motifs is 4. The summed E-state index contributed by atoms with van der Waals surface area (Å²) in [5.41, 5.74) is 7.95. The van der Waals surface area contributed by atoms with Gasteiger partial charge < -0.3 is 15.5 Å². The highest BCUT2D eigenvalue weighted by molar-refractivity contribution is 5.95. The molecule has 30 heavy (non-hydrogen) atoms. The van der Waals surface area contributed by atoms with E-state index >= 15 is 0 Å². The van der Waals surface area contributed by atoms with Crippen molar-refractivity contribution >= 4 is 23.4 Å². The van der Waals surface area contributed by atoms with E-state index in [2.05, 4.69) is 17.0 Å². The molecule has 0 spiro atoms. The van der Waals surface area contributed by atoms with Crippen LogP contribution in [-0.2, 0) is 20.9 Å². The number of hydrogen-bond acceptors (Lipinski definition) is 4. The molecule has 7 heteroatoms. The maximum atomic E-state index is 12.6. The van der Waals surface area contributed by atoms with E-state index in [1.54, 1.807) is 0 Å². The van der Waals surface area contributed by atoms with Gasteiger partial charge >= 0.3 is 0 Å². The third-order valence-corrected chi connectivity index (χ3v) is 7.44. The van der Waals surface area contributed by atoms with Crippen LogP contribution in [0.5, 0.6) is 0 Å². The van der Waals surface area contributed by atoms with Crippen molar-refractivity contribution in [2.45, 2.75) is 57.2 Å². The van der Waals surface area contributed by atoms with Crippen molar-refractivity contribution in [1.82, 2.24) is 9.80 Å². The summed E-state index contributed by atoms with van der Waals surface area (Å²) in [6.45, 7) is 3.35. The number of hydrogen-bond donors (Lipinski definition) is 1. The summed E-state index contributed by atoms with van der Waals surface area (Å²) in [5, 5.41) is 0. The van der Waals surface area contributed by atoms with E-state index in [0.717, 1.165) is 57.5 Å². The van der Waals surface area contributed by atoms with Crippen LogP contribution in [0.25, 0.3) is 0 Å². The van der Waals surface area contributed by atoms with Gasteiger partial charge in [0.1, 0.15) is 6.04 Å². The average Bonchev–Trinajstić information content (AvgIpc) is 3.15. The van der Waals surface area contributed by atoms with Crippen LogP contribution in [0.15, 0.2) is 24.3 Å². The molecule has 0 saturated carbocycles. The Bertz CT molecular complexity index is 855. The van der Waals surface area contributed by atoms with E-state index < -0.39 is 6.04 Å². The molecular weight excluding hydrogens is 380 g/mol. The number of nitrogens with zero attached hydrogens (tertiary/aromatic N) is 3. The Hall–Kier alpha value is -2.41. The number of nitrogens with two attached hydrogens (primary N) is 1. The number of amides is 3. The van der Waals surface area contributed by atoms with Gasteiger partial charge in [-0.25, -0.2) is 0 Å². The fourth-order valence-corrected chi connectivity index (χ4v) is 6.21. The van der Waals surface area contributed by atoms with Crippen LogP contribution in [0, 0.1) is 11.8 Å². The van der Waals surface area contributed by atoms with Crippen LogP contribution in [-0.4, -0.2) is 59.2 Å². The Morgan fingerprint density at radius 1 is 1.00 bits per heavy atom. The number of rotatable bonds is 4. The smallest absolute Gasteiger partial charge is 0.240 e. The highest BCUT2D eigenvalue weighted by atomic mass is 16.2. The standard InChI is InChI=1S/C23H30N4O3/c24-23(30)22-17-11-16(19-3-1-4-21(29)27(19)22)13-25(14-17)12-15-6-8-18(9-7-15)26-10-2-5-20(26)28/h6-9,16-17,19,22H,1-5,10-14H2,(H2,24,30)/t16-,17+,19+,22-/m1/s1. The van der Waals surface area contributed by atoms with E-state index in [1.807, 2.05) is 21.9 Å². The van der Waals surface area contributed by atoms with Crippen LogP contribution in [0.4, 0.5) is 5.69 Å². The molecule has 0 radical (unpaired) electrons.